The molecule has 1 fully saturated rings. The lowest BCUT2D eigenvalue weighted by Gasteiger charge is -2.10. The molecular formula is C13H16ClN. The van der Waals surface area contributed by atoms with Crippen LogP contribution in [-0.4, -0.2) is 13.6 Å². The lowest BCUT2D eigenvalue weighted by atomic mass is 9.98. The molecule has 0 bridgehead atoms. The molecule has 0 aromatic heterocycles. The fourth-order valence-corrected chi connectivity index (χ4v) is 3.28. The minimum absolute atomic E-state index is 0.543. The summed E-state index contributed by atoms with van der Waals surface area (Å²) < 4.78 is 0. The Hall–Kier alpha value is -0.530. The van der Waals surface area contributed by atoms with E-state index in [1.807, 2.05) is 13.1 Å². The van der Waals surface area contributed by atoms with Crippen molar-refractivity contribution in [3.63, 3.8) is 0 Å². The third-order valence-corrected chi connectivity index (χ3v) is 4.20. The molecule has 0 amide bonds. The molecule has 1 spiro atoms. The third-order valence-electron chi connectivity index (χ3n) is 3.97. The van der Waals surface area contributed by atoms with Crippen LogP contribution >= 0.6 is 11.6 Å². The smallest absolute Gasteiger partial charge is 0.0409 e. The van der Waals surface area contributed by atoms with E-state index in [1.165, 1.54) is 24.8 Å². The van der Waals surface area contributed by atoms with Crippen LogP contribution in [0.15, 0.2) is 18.2 Å². The summed E-state index contributed by atoms with van der Waals surface area (Å²) in [6.07, 6.45) is 4.08. The van der Waals surface area contributed by atoms with Gasteiger partial charge in [0, 0.05) is 11.6 Å². The zero-order chi connectivity index (χ0) is 10.5. The van der Waals surface area contributed by atoms with Crippen LogP contribution in [0.5, 0.6) is 0 Å². The van der Waals surface area contributed by atoms with E-state index in [0.717, 1.165) is 11.6 Å². The van der Waals surface area contributed by atoms with Crippen molar-refractivity contribution in [2.75, 3.05) is 13.6 Å². The average Bonchev–Trinajstić information content (AvgIpc) is 2.91. The summed E-state index contributed by atoms with van der Waals surface area (Å²) in [5.41, 5.74) is 3.61. The number of fused-ring (bicyclic) bond motifs is 2. The van der Waals surface area contributed by atoms with Crippen LogP contribution in [0.4, 0.5) is 0 Å². The second-order valence-electron chi connectivity index (χ2n) is 4.97. The standard InChI is InChI=1S/C13H16ClN/c1-15-8-9-7-13(4-5-13)12-3-2-10(14)6-11(9)12/h2-3,6,9,15H,4-5,7-8H2,1H3. The van der Waals surface area contributed by atoms with Gasteiger partial charge in [-0.1, -0.05) is 17.7 Å². The zero-order valence-corrected chi connectivity index (χ0v) is 9.77. The number of halogens is 1. The van der Waals surface area contributed by atoms with Crippen LogP contribution in [0.2, 0.25) is 5.02 Å². The number of rotatable bonds is 2. The Kier molecular flexibility index (Phi) is 2.08. The van der Waals surface area contributed by atoms with Crippen LogP contribution in [-0.2, 0) is 5.41 Å². The van der Waals surface area contributed by atoms with E-state index < -0.39 is 0 Å². The van der Waals surface area contributed by atoms with Crippen molar-refractivity contribution < 1.29 is 0 Å². The fourth-order valence-electron chi connectivity index (χ4n) is 3.10. The summed E-state index contributed by atoms with van der Waals surface area (Å²) in [6.45, 7) is 1.08. The molecule has 2 aliphatic carbocycles. The SMILES string of the molecule is CNCC1CC2(CC2)c2ccc(Cl)cc21. The van der Waals surface area contributed by atoms with Crippen molar-refractivity contribution in [1.29, 1.82) is 0 Å². The summed E-state index contributed by atoms with van der Waals surface area (Å²) in [4.78, 5) is 0. The van der Waals surface area contributed by atoms with Gasteiger partial charge in [-0.15, -0.1) is 0 Å². The summed E-state index contributed by atoms with van der Waals surface area (Å²) in [5.74, 6) is 0.672. The van der Waals surface area contributed by atoms with E-state index in [4.69, 9.17) is 11.6 Å². The molecule has 1 atom stereocenters. The number of hydrogen-bond donors (Lipinski definition) is 1. The summed E-state index contributed by atoms with van der Waals surface area (Å²) in [6, 6.07) is 6.47. The van der Waals surface area contributed by atoms with Crippen molar-refractivity contribution in [3.05, 3.63) is 34.3 Å². The molecule has 1 saturated carbocycles. The Morgan fingerprint density at radius 3 is 2.93 bits per heavy atom. The number of benzene rings is 1. The zero-order valence-electron chi connectivity index (χ0n) is 9.02. The van der Waals surface area contributed by atoms with Gasteiger partial charge in [0.15, 0.2) is 0 Å². The largest absolute Gasteiger partial charge is 0.319 e. The van der Waals surface area contributed by atoms with Gasteiger partial charge in [0.1, 0.15) is 0 Å². The number of nitrogens with one attached hydrogen (secondary N) is 1. The molecule has 1 aromatic carbocycles. The van der Waals surface area contributed by atoms with E-state index in [2.05, 4.69) is 17.4 Å². The average molecular weight is 222 g/mol. The highest BCUT2D eigenvalue weighted by atomic mass is 35.5. The first-order valence-corrected chi connectivity index (χ1v) is 6.07. The van der Waals surface area contributed by atoms with Gasteiger partial charge in [-0.05, 0) is 60.9 Å². The normalized spacial score (nSPS) is 25.6. The molecule has 2 aliphatic rings. The molecule has 3 rings (SSSR count). The lowest BCUT2D eigenvalue weighted by molar-refractivity contribution is 0.556. The van der Waals surface area contributed by atoms with Gasteiger partial charge in [0.25, 0.3) is 0 Å². The van der Waals surface area contributed by atoms with Gasteiger partial charge < -0.3 is 5.32 Å². The molecule has 0 heterocycles. The number of likely N-dealkylation sites (N-methyl/N-ethyl adjacent to an activating group) is 1. The second-order valence-corrected chi connectivity index (χ2v) is 5.41. The minimum Gasteiger partial charge on any atom is -0.319 e. The van der Waals surface area contributed by atoms with Crippen LogP contribution in [0.25, 0.3) is 0 Å². The Bertz CT molecular complexity index is 396. The maximum absolute atomic E-state index is 6.08. The van der Waals surface area contributed by atoms with Crippen LogP contribution in [0.3, 0.4) is 0 Å². The van der Waals surface area contributed by atoms with E-state index >= 15 is 0 Å². The predicted molar refractivity (Wildman–Crippen MR) is 63.6 cm³/mol. The Morgan fingerprint density at radius 1 is 1.47 bits per heavy atom. The Balaban J connectivity index is 2.04. The molecule has 80 valence electrons. The van der Waals surface area contributed by atoms with Crippen molar-refractivity contribution in [2.45, 2.75) is 30.6 Å². The summed E-state index contributed by atoms with van der Waals surface area (Å²) in [5, 5.41) is 4.17. The van der Waals surface area contributed by atoms with Crippen LogP contribution in [0, 0.1) is 0 Å². The van der Waals surface area contributed by atoms with Gasteiger partial charge in [-0.2, -0.15) is 0 Å². The first-order chi connectivity index (χ1) is 7.25. The summed E-state index contributed by atoms with van der Waals surface area (Å²) >= 11 is 6.08. The Labute approximate surface area is 95.8 Å². The van der Waals surface area contributed by atoms with Gasteiger partial charge in [-0.25, -0.2) is 0 Å². The maximum atomic E-state index is 6.08. The molecular weight excluding hydrogens is 206 g/mol. The lowest BCUT2D eigenvalue weighted by Crippen LogP contribution is -2.15. The van der Waals surface area contributed by atoms with Crippen molar-refractivity contribution in [2.24, 2.45) is 0 Å². The quantitative estimate of drug-likeness (QED) is 0.810. The van der Waals surface area contributed by atoms with E-state index in [1.54, 1.807) is 5.56 Å². The molecule has 1 unspecified atom stereocenters. The molecule has 1 nitrogen and oxygen atoms in total. The van der Waals surface area contributed by atoms with Gasteiger partial charge in [-0.3, -0.25) is 0 Å². The second kappa shape index (κ2) is 3.23. The highest BCUT2D eigenvalue weighted by Crippen LogP contribution is 2.60. The Morgan fingerprint density at radius 2 is 2.27 bits per heavy atom. The molecule has 0 saturated heterocycles. The van der Waals surface area contributed by atoms with Crippen molar-refractivity contribution >= 4 is 11.6 Å². The molecule has 1 aromatic rings. The molecule has 0 aliphatic heterocycles. The van der Waals surface area contributed by atoms with Crippen LogP contribution in [0.1, 0.15) is 36.3 Å². The highest BCUT2D eigenvalue weighted by molar-refractivity contribution is 6.30. The topological polar surface area (TPSA) is 12.0 Å². The van der Waals surface area contributed by atoms with E-state index in [-0.39, 0.29) is 0 Å². The summed E-state index contributed by atoms with van der Waals surface area (Å²) in [7, 11) is 2.03. The van der Waals surface area contributed by atoms with E-state index in [0.29, 0.717) is 11.3 Å². The fraction of sp³-hybridized carbons (Fsp3) is 0.538. The van der Waals surface area contributed by atoms with Gasteiger partial charge in [0.05, 0.1) is 0 Å². The minimum atomic E-state index is 0.543. The molecule has 1 N–H and O–H groups in total. The molecule has 0 radical (unpaired) electrons. The maximum Gasteiger partial charge on any atom is 0.0409 e. The third kappa shape index (κ3) is 1.41. The molecule has 2 heteroatoms. The predicted octanol–water partition coefficient (Wildman–Crippen LogP) is 3.08. The van der Waals surface area contributed by atoms with E-state index in [9.17, 15) is 0 Å². The van der Waals surface area contributed by atoms with Crippen molar-refractivity contribution in [1.82, 2.24) is 5.32 Å². The van der Waals surface area contributed by atoms with Crippen molar-refractivity contribution in [3.8, 4) is 0 Å². The van der Waals surface area contributed by atoms with Crippen LogP contribution < -0.4 is 5.32 Å². The monoisotopic (exact) mass is 221 g/mol. The number of hydrogen-bond acceptors (Lipinski definition) is 1. The highest BCUT2D eigenvalue weighted by Gasteiger charge is 2.51. The van der Waals surface area contributed by atoms with Gasteiger partial charge in [0.2, 0.25) is 0 Å². The molecule has 15 heavy (non-hydrogen) atoms. The first-order valence-electron chi connectivity index (χ1n) is 5.70. The van der Waals surface area contributed by atoms with Gasteiger partial charge >= 0.3 is 0 Å². The first kappa shape index (κ1) is 9.68.